The van der Waals surface area contributed by atoms with Gasteiger partial charge < -0.3 is 10.1 Å². The number of ether oxygens (including phenoxy) is 1. The molecule has 1 N–H and O–H groups in total. The van der Waals surface area contributed by atoms with E-state index in [-0.39, 0.29) is 12.1 Å². The minimum Gasteiger partial charge on any atom is -0.444 e. The van der Waals surface area contributed by atoms with Gasteiger partial charge in [-0.1, -0.05) is 19.8 Å². The lowest BCUT2D eigenvalue weighted by molar-refractivity contribution is 0.0494. The maximum atomic E-state index is 12.0. The second-order valence-corrected chi connectivity index (χ2v) is 8.14. The molecule has 1 aliphatic rings. The molecule has 0 bridgehead atoms. The number of piperidine rings is 1. The molecular weight excluding hydrogens is 288 g/mol. The van der Waals surface area contributed by atoms with E-state index in [2.05, 4.69) is 31.0 Å². The van der Waals surface area contributed by atoms with E-state index in [1.54, 1.807) is 0 Å². The van der Waals surface area contributed by atoms with Gasteiger partial charge in [0, 0.05) is 18.1 Å². The van der Waals surface area contributed by atoms with Crippen LogP contribution in [0.15, 0.2) is 0 Å². The van der Waals surface area contributed by atoms with Crippen LogP contribution >= 0.6 is 0 Å². The molecule has 4 nitrogen and oxygen atoms in total. The van der Waals surface area contributed by atoms with Crippen LogP contribution in [-0.4, -0.2) is 41.3 Å². The van der Waals surface area contributed by atoms with Crippen molar-refractivity contribution >= 4 is 6.09 Å². The first-order chi connectivity index (χ1) is 10.7. The topological polar surface area (TPSA) is 41.6 Å². The SMILES string of the molecule is CCC[C@@H](CCCN1[C@H](C)CCC[C@@H]1C)NC(=O)OC(C)(C)C. The summed E-state index contributed by atoms with van der Waals surface area (Å²) >= 11 is 0. The molecule has 23 heavy (non-hydrogen) atoms. The molecule has 0 spiro atoms. The van der Waals surface area contributed by atoms with Gasteiger partial charge in [0.2, 0.25) is 0 Å². The number of hydrogen-bond donors (Lipinski definition) is 1. The standard InChI is InChI=1S/C19H38N2O2/c1-7-10-17(20-18(22)23-19(4,5)6)13-9-14-21-15(2)11-8-12-16(21)3/h15-17H,7-14H2,1-6H3,(H,20,22)/t15-,16+,17-/m0/s1. The average molecular weight is 327 g/mol. The lowest BCUT2D eigenvalue weighted by Crippen LogP contribution is -2.44. The Morgan fingerprint density at radius 2 is 1.83 bits per heavy atom. The summed E-state index contributed by atoms with van der Waals surface area (Å²) in [4.78, 5) is 14.6. The smallest absolute Gasteiger partial charge is 0.407 e. The Kier molecular flexibility index (Phi) is 8.38. The molecule has 0 radical (unpaired) electrons. The molecule has 0 aliphatic carbocycles. The van der Waals surface area contributed by atoms with Crippen molar-refractivity contribution in [3.8, 4) is 0 Å². The Labute approximate surface area is 143 Å². The maximum Gasteiger partial charge on any atom is 0.407 e. The zero-order valence-corrected chi connectivity index (χ0v) is 16.2. The van der Waals surface area contributed by atoms with Crippen molar-refractivity contribution in [3.63, 3.8) is 0 Å². The molecule has 1 heterocycles. The Morgan fingerprint density at radius 3 is 2.35 bits per heavy atom. The van der Waals surface area contributed by atoms with E-state index in [0.717, 1.165) is 32.2 Å². The van der Waals surface area contributed by atoms with Gasteiger partial charge in [-0.05, 0) is 73.3 Å². The van der Waals surface area contributed by atoms with Gasteiger partial charge >= 0.3 is 6.09 Å². The summed E-state index contributed by atoms with van der Waals surface area (Å²) in [5.74, 6) is 0. The predicted molar refractivity (Wildman–Crippen MR) is 96.8 cm³/mol. The highest BCUT2D eigenvalue weighted by atomic mass is 16.6. The minimum atomic E-state index is -0.431. The molecule has 0 aromatic heterocycles. The third-order valence-corrected chi connectivity index (χ3v) is 4.70. The second-order valence-electron chi connectivity index (χ2n) is 8.14. The first kappa shape index (κ1) is 20.3. The molecule has 0 aromatic rings. The number of rotatable bonds is 7. The summed E-state index contributed by atoms with van der Waals surface area (Å²) in [6.07, 6.45) is 7.98. The second kappa shape index (κ2) is 9.51. The van der Waals surface area contributed by atoms with Gasteiger partial charge in [0.25, 0.3) is 0 Å². The van der Waals surface area contributed by atoms with Crippen LogP contribution in [0.5, 0.6) is 0 Å². The Bertz CT molecular complexity index is 342. The number of carbonyl (C=O) groups is 1. The number of nitrogens with one attached hydrogen (secondary N) is 1. The molecule has 4 heteroatoms. The highest BCUT2D eigenvalue weighted by Gasteiger charge is 2.24. The minimum absolute atomic E-state index is 0.227. The largest absolute Gasteiger partial charge is 0.444 e. The summed E-state index contributed by atoms with van der Waals surface area (Å²) < 4.78 is 5.38. The lowest BCUT2D eigenvalue weighted by Gasteiger charge is -2.39. The van der Waals surface area contributed by atoms with Crippen LogP contribution < -0.4 is 5.32 Å². The quantitative estimate of drug-likeness (QED) is 0.736. The number of hydrogen-bond acceptors (Lipinski definition) is 3. The molecule has 0 saturated carbocycles. The van der Waals surface area contributed by atoms with Gasteiger partial charge in [-0.15, -0.1) is 0 Å². The fourth-order valence-electron chi connectivity index (χ4n) is 3.55. The number of carbonyl (C=O) groups excluding carboxylic acids is 1. The van der Waals surface area contributed by atoms with Gasteiger partial charge in [0.05, 0.1) is 0 Å². The van der Waals surface area contributed by atoms with Gasteiger partial charge in [0.15, 0.2) is 0 Å². The zero-order valence-electron chi connectivity index (χ0n) is 16.2. The maximum absolute atomic E-state index is 12.0. The van der Waals surface area contributed by atoms with Crippen molar-refractivity contribution in [1.82, 2.24) is 10.2 Å². The normalized spacial score (nSPS) is 24.3. The van der Waals surface area contributed by atoms with E-state index in [1.807, 2.05) is 20.8 Å². The summed E-state index contributed by atoms with van der Waals surface area (Å²) in [6, 6.07) is 1.62. The molecular formula is C19H38N2O2. The number of amides is 1. The molecule has 136 valence electrons. The van der Waals surface area contributed by atoms with E-state index >= 15 is 0 Å². The Morgan fingerprint density at radius 1 is 1.22 bits per heavy atom. The van der Waals surface area contributed by atoms with Crippen molar-refractivity contribution in [2.24, 2.45) is 0 Å². The number of likely N-dealkylation sites (tertiary alicyclic amines) is 1. The summed E-state index contributed by atoms with van der Waals surface area (Å²) in [7, 11) is 0. The van der Waals surface area contributed by atoms with E-state index in [0.29, 0.717) is 12.1 Å². The number of nitrogens with zero attached hydrogens (tertiary/aromatic N) is 1. The first-order valence-corrected chi connectivity index (χ1v) is 9.48. The summed E-state index contributed by atoms with van der Waals surface area (Å²) in [5.41, 5.74) is -0.431. The van der Waals surface area contributed by atoms with Gasteiger partial charge in [-0.25, -0.2) is 4.79 Å². The van der Waals surface area contributed by atoms with Crippen LogP contribution in [-0.2, 0) is 4.74 Å². The molecule has 1 rings (SSSR count). The van der Waals surface area contributed by atoms with E-state index in [4.69, 9.17) is 4.74 Å². The molecule has 3 atom stereocenters. The van der Waals surface area contributed by atoms with E-state index in [9.17, 15) is 4.79 Å². The summed E-state index contributed by atoms with van der Waals surface area (Å²) in [5, 5.41) is 3.05. The zero-order chi connectivity index (χ0) is 17.5. The van der Waals surface area contributed by atoms with Crippen LogP contribution in [0, 0.1) is 0 Å². The summed E-state index contributed by atoms with van der Waals surface area (Å²) in [6.45, 7) is 13.7. The van der Waals surface area contributed by atoms with Crippen molar-refractivity contribution in [2.45, 2.75) is 110 Å². The third-order valence-electron chi connectivity index (χ3n) is 4.70. The highest BCUT2D eigenvalue weighted by Crippen LogP contribution is 2.23. The van der Waals surface area contributed by atoms with Gasteiger partial charge in [0.1, 0.15) is 5.60 Å². The van der Waals surface area contributed by atoms with Gasteiger partial charge in [-0.2, -0.15) is 0 Å². The molecule has 1 fully saturated rings. The van der Waals surface area contributed by atoms with E-state index < -0.39 is 5.60 Å². The van der Waals surface area contributed by atoms with Crippen LogP contribution in [0.2, 0.25) is 0 Å². The van der Waals surface area contributed by atoms with Crippen LogP contribution in [0.3, 0.4) is 0 Å². The first-order valence-electron chi connectivity index (χ1n) is 9.48. The van der Waals surface area contributed by atoms with Crippen LogP contribution in [0.4, 0.5) is 4.79 Å². The molecule has 1 aliphatic heterocycles. The Hall–Kier alpha value is -0.770. The van der Waals surface area contributed by atoms with Crippen molar-refractivity contribution in [2.75, 3.05) is 6.54 Å². The predicted octanol–water partition coefficient (Wildman–Crippen LogP) is 4.72. The van der Waals surface area contributed by atoms with E-state index in [1.165, 1.54) is 19.3 Å². The molecule has 1 saturated heterocycles. The highest BCUT2D eigenvalue weighted by molar-refractivity contribution is 5.68. The monoisotopic (exact) mass is 326 g/mol. The molecule has 0 aromatic carbocycles. The third kappa shape index (κ3) is 8.05. The average Bonchev–Trinajstić information content (AvgIpc) is 2.40. The fourth-order valence-corrected chi connectivity index (χ4v) is 3.55. The lowest BCUT2D eigenvalue weighted by atomic mass is 9.96. The Balaban J connectivity index is 2.39. The van der Waals surface area contributed by atoms with Crippen LogP contribution in [0.1, 0.15) is 86.5 Å². The van der Waals surface area contributed by atoms with Crippen LogP contribution in [0.25, 0.3) is 0 Å². The molecule has 1 amide bonds. The van der Waals surface area contributed by atoms with Crippen molar-refractivity contribution < 1.29 is 9.53 Å². The molecule has 0 unspecified atom stereocenters. The van der Waals surface area contributed by atoms with Gasteiger partial charge in [-0.3, -0.25) is 4.90 Å². The fraction of sp³-hybridized carbons (Fsp3) is 0.947. The van der Waals surface area contributed by atoms with Crippen molar-refractivity contribution in [1.29, 1.82) is 0 Å². The number of alkyl carbamates (subject to hydrolysis) is 1. The van der Waals surface area contributed by atoms with Crippen molar-refractivity contribution in [3.05, 3.63) is 0 Å².